The van der Waals surface area contributed by atoms with Crippen molar-refractivity contribution in [2.24, 2.45) is 0 Å². The van der Waals surface area contributed by atoms with Gasteiger partial charge in [-0.25, -0.2) is 4.98 Å². The van der Waals surface area contributed by atoms with Gasteiger partial charge in [0, 0.05) is 22.1 Å². The third kappa shape index (κ3) is 4.60. The van der Waals surface area contributed by atoms with Crippen LogP contribution in [0.1, 0.15) is 22.9 Å². The quantitative estimate of drug-likeness (QED) is 0.808. The number of thiazole rings is 1. The van der Waals surface area contributed by atoms with E-state index in [1.165, 1.54) is 4.88 Å². The van der Waals surface area contributed by atoms with Crippen LogP contribution in [0.3, 0.4) is 0 Å². The summed E-state index contributed by atoms with van der Waals surface area (Å²) in [6.07, 6.45) is 1.91. The predicted octanol–water partition coefficient (Wildman–Crippen LogP) is 3.94. The summed E-state index contributed by atoms with van der Waals surface area (Å²) < 4.78 is 6.71. The minimum atomic E-state index is 0.271. The molecule has 0 amide bonds. The second kappa shape index (κ2) is 7.03. The molecule has 102 valence electrons. The minimum absolute atomic E-state index is 0.271. The van der Waals surface area contributed by atoms with E-state index < -0.39 is 0 Å². The number of hydrogen-bond acceptors (Lipinski definition) is 4. The van der Waals surface area contributed by atoms with Crippen molar-refractivity contribution in [3.8, 4) is 5.75 Å². The maximum atomic E-state index is 5.65. The molecule has 1 atom stereocenters. The summed E-state index contributed by atoms with van der Waals surface area (Å²) >= 11 is 5.13. The number of nitrogens with one attached hydrogen (secondary N) is 1. The van der Waals surface area contributed by atoms with E-state index in [0.717, 1.165) is 21.8 Å². The first-order valence-electron chi connectivity index (χ1n) is 6.19. The van der Waals surface area contributed by atoms with Gasteiger partial charge in [0.05, 0.1) is 6.04 Å². The molecule has 0 aliphatic rings. The van der Waals surface area contributed by atoms with Crippen molar-refractivity contribution >= 4 is 27.3 Å². The molecule has 0 saturated heterocycles. The Balaban J connectivity index is 1.70. The Morgan fingerprint density at radius 3 is 2.74 bits per heavy atom. The van der Waals surface area contributed by atoms with Gasteiger partial charge in [0.15, 0.2) is 0 Å². The third-order valence-corrected chi connectivity index (χ3v) is 4.27. The summed E-state index contributed by atoms with van der Waals surface area (Å²) in [6.45, 7) is 5.65. The van der Waals surface area contributed by atoms with Crippen molar-refractivity contribution in [3.05, 3.63) is 44.8 Å². The third-order valence-electron chi connectivity index (χ3n) is 2.64. The highest BCUT2D eigenvalue weighted by Crippen LogP contribution is 2.19. The smallest absolute Gasteiger partial charge is 0.119 e. The lowest BCUT2D eigenvalue weighted by Gasteiger charge is -2.12. The van der Waals surface area contributed by atoms with Gasteiger partial charge in [-0.1, -0.05) is 15.9 Å². The van der Waals surface area contributed by atoms with Crippen molar-refractivity contribution in [1.29, 1.82) is 0 Å². The lowest BCUT2D eigenvalue weighted by Crippen LogP contribution is -2.24. The van der Waals surface area contributed by atoms with Crippen LogP contribution in [0.2, 0.25) is 0 Å². The second-order valence-electron chi connectivity index (χ2n) is 4.29. The average Bonchev–Trinajstić information content (AvgIpc) is 2.83. The molecule has 0 bridgehead atoms. The number of rotatable bonds is 6. The minimum Gasteiger partial charge on any atom is -0.492 e. The van der Waals surface area contributed by atoms with Gasteiger partial charge in [-0.2, -0.15) is 0 Å². The zero-order valence-corrected chi connectivity index (χ0v) is 13.4. The van der Waals surface area contributed by atoms with Crippen molar-refractivity contribution < 1.29 is 4.74 Å². The summed E-state index contributed by atoms with van der Waals surface area (Å²) in [5, 5.41) is 4.53. The number of aromatic nitrogens is 1. The van der Waals surface area contributed by atoms with Gasteiger partial charge in [-0.05, 0) is 38.1 Å². The molecule has 0 spiro atoms. The number of halogens is 1. The van der Waals surface area contributed by atoms with Crippen LogP contribution in [0, 0.1) is 6.92 Å². The van der Waals surface area contributed by atoms with Gasteiger partial charge in [-0.15, -0.1) is 11.3 Å². The van der Waals surface area contributed by atoms with Crippen LogP contribution in [-0.4, -0.2) is 18.1 Å². The standard InChI is InChI=1S/C14H17BrN2OS/c1-10-9-17-14(19-10)11(2)16-7-8-18-13-5-3-12(15)4-6-13/h3-6,9,11,16H,7-8H2,1-2H3. The van der Waals surface area contributed by atoms with Gasteiger partial charge in [0.1, 0.15) is 17.4 Å². The van der Waals surface area contributed by atoms with E-state index in [-0.39, 0.29) is 6.04 Å². The summed E-state index contributed by atoms with van der Waals surface area (Å²) in [7, 11) is 0. The molecule has 1 unspecified atom stereocenters. The van der Waals surface area contributed by atoms with E-state index in [2.05, 4.69) is 40.1 Å². The van der Waals surface area contributed by atoms with Gasteiger partial charge in [0.25, 0.3) is 0 Å². The lowest BCUT2D eigenvalue weighted by molar-refractivity contribution is 0.307. The normalized spacial score (nSPS) is 12.4. The summed E-state index contributed by atoms with van der Waals surface area (Å²) in [5.41, 5.74) is 0. The molecule has 1 aromatic carbocycles. The number of nitrogens with zero attached hydrogens (tertiary/aromatic N) is 1. The molecule has 2 aromatic rings. The number of benzene rings is 1. The summed E-state index contributed by atoms with van der Waals surface area (Å²) in [5.74, 6) is 0.891. The van der Waals surface area contributed by atoms with Crippen molar-refractivity contribution in [3.63, 3.8) is 0 Å². The van der Waals surface area contributed by atoms with Crippen LogP contribution < -0.4 is 10.1 Å². The molecule has 5 heteroatoms. The van der Waals surface area contributed by atoms with E-state index in [1.807, 2.05) is 30.5 Å². The van der Waals surface area contributed by atoms with Crippen LogP contribution >= 0.6 is 27.3 Å². The maximum Gasteiger partial charge on any atom is 0.119 e. The van der Waals surface area contributed by atoms with Gasteiger partial charge >= 0.3 is 0 Å². The fraction of sp³-hybridized carbons (Fsp3) is 0.357. The Labute approximate surface area is 126 Å². The highest BCUT2D eigenvalue weighted by atomic mass is 79.9. The van der Waals surface area contributed by atoms with E-state index in [4.69, 9.17) is 4.74 Å². The zero-order chi connectivity index (χ0) is 13.7. The van der Waals surface area contributed by atoms with Gasteiger partial charge in [-0.3, -0.25) is 0 Å². The molecule has 1 N–H and O–H groups in total. The first-order chi connectivity index (χ1) is 9.15. The molecule has 3 nitrogen and oxygen atoms in total. The average molecular weight is 341 g/mol. The molecule has 1 heterocycles. The molecular weight excluding hydrogens is 324 g/mol. The van der Waals surface area contributed by atoms with Gasteiger partial charge in [0.2, 0.25) is 0 Å². The molecular formula is C14H17BrN2OS. The highest BCUT2D eigenvalue weighted by Gasteiger charge is 2.08. The lowest BCUT2D eigenvalue weighted by atomic mass is 10.3. The first kappa shape index (κ1) is 14.5. The van der Waals surface area contributed by atoms with Crippen LogP contribution in [0.15, 0.2) is 34.9 Å². The van der Waals surface area contributed by atoms with Crippen molar-refractivity contribution in [2.45, 2.75) is 19.9 Å². The summed E-state index contributed by atoms with van der Waals surface area (Å²) in [4.78, 5) is 5.62. The van der Waals surface area contributed by atoms with Crippen LogP contribution in [-0.2, 0) is 0 Å². The van der Waals surface area contributed by atoms with E-state index in [1.54, 1.807) is 11.3 Å². The van der Waals surface area contributed by atoms with Crippen LogP contribution in [0.5, 0.6) is 5.75 Å². The highest BCUT2D eigenvalue weighted by molar-refractivity contribution is 9.10. The monoisotopic (exact) mass is 340 g/mol. The number of aryl methyl sites for hydroxylation is 1. The fourth-order valence-electron chi connectivity index (χ4n) is 1.63. The fourth-order valence-corrected chi connectivity index (χ4v) is 2.70. The molecule has 0 fully saturated rings. The maximum absolute atomic E-state index is 5.65. The topological polar surface area (TPSA) is 34.2 Å². The molecule has 0 saturated carbocycles. The van der Waals surface area contributed by atoms with E-state index in [0.29, 0.717) is 6.61 Å². The largest absolute Gasteiger partial charge is 0.492 e. The Morgan fingerprint density at radius 1 is 1.37 bits per heavy atom. The predicted molar refractivity (Wildman–Crippen MR) is 82.9 cm³/mol. The van der Waals surface area contributed by atoms with E-state index in [9.17, 15) is 0 Å². The number of hydrogen-bond donors (Lipinski definition) is 1. The molecule has 2 rings (SSSR count). The van der Waals surface area contributed by atoms with Crippen LogP contribution in [0.4, 0.5) is 0 Å². The Hall–Kier alpha value is -0.910. The SMILES string of the molecule is Cc1cnc(C(C)NCCOc2ccc(Br)cc2)s1. The Morgan fingerprint density at radius 2 is 2.11 bits per heavy atom. The Bertz CT molecular complexity index is 512. The molecule has 0 radical (unpaired) electrons. The Kier molecular flexibility index (Phi) is 5.36. The molecule has 0 aliphatic carbocycles. The number of ether oxygens (including phenoxy) is 1. The first-order valence-corrected chi connectivity index (χ1v) is 7.80. The zero-order valence-electron chi connectivity index (χ0n) is 11.0. The van der Waals surface area contributed by atoms with Gasteiger partial charge < -0.3 is 10.1 Å². The van der Waals surface area contributed by atoms with E-state index >= 15 is 0 Å². The summed E-state index contributed by atoms with van der Waals surface area (Å²) in [6, 6.07) is 8.13. The van der Waals surface area contributed by atoms with Crippen LogP contribution in [0.25, 0.3) is 0 Å². The second-order valence-corrected chi connectivity index (χ2v) is 6.47. The molecule has 1 aromatic heterocycles. The van der Waals surface area contributed by atoms with Crippen molar-refractivity contribution in [1.82, 2.24) is 10.3 Å². The molecule has 19 heavy (non-hydrogen) atoms. The molecule has 0 aliphatic heterocycles. The van der Waals surface area contributed by atoms with Crippen molar-refractivity contribution in [2.75, 3.05) is 13.2 Å².